The highest BCUT2D eigenvalue weighted by Gasteiger charge is 2.30. The molecule has 2 N–H and O–H groups in total. The third-order valence-electron chi connectivity index (χ3n) is 3.54. The molecule has 0 aromatic heterocycles. The highest BCUT2D eigenvalue weighted by Crippen LogP contribution is 2.31. The van der Waals surface area contributed by atoms with E-state index < -0.39 is 21.8 Å². The Morgan fingerprint density at radius 2 is 1.74 bits per heavy atom. The van der Waals surface area contributed by atoms with E-state index in [0.717, 1.165) is 24.3 Å². The van der Waals surface area contributed by atoms with Crippen LogP contribution in [0, 0.1) is 0 Å². The fraction of sp³-hybridized carbons (Fsp3) is 0.235. The van der Waals surface area contributed by atoms with Gasteiger partial charge in [0.2, 0.25) is 5.91 Å². The van der Waals surface area contributed by atoms with Crippen molar-refractivity contribution < 1.29 is 31.1 Å². The molecule has 1 amide bonds. The maximum absolute atomic E-state index is 12.6. The first kappa shape index (κ1) is 20.6. The molecule has 0 aliphatic rings. The maximum Gasteiger partial charge on any atom is 0.416 e. The Morgan fingerprint density at radius 1 is 1.11 bits per heavy atom. The van der Waals surface area contributed by atoms with Gasteiger partial charge in [-0.1, -0.05) is 6.92 Å². The normalized spacial score (nSPS) is 11.7. The van der Waals surface area contributed by atoms with E-state index in [9.17, 15) is 26.4 Å². The number of hydrogen-bond acceptors (Lipinski definition) is 4. The molecule has 2 aromatic rings. The van der Waals surface area contributed by atoms with Crippen LogP contribution in [0.1, 0.15) is 18.9 Å². The minimum absolute atomic E-state index is 0.0297. The number of benzene rings is 2. The van der Waals surface area contributed by atoms with Gasteiger partial charge < -0.3 is 10.1 Å². The summed E-state index contributed by atoms with van der Waals surface area (Å²) in [5.74, 6) is -0.0659. The van der Waals surface area contributed by atoms with Gasteiger partial charge in [0.05, 0.1) is 23.3 Å². The van der Waals surface area contributed by atoms with Gasteiger partial charge in [-0.25, -0.2) is 8.42 Å². The van der Waals surface area contributed by atoms with Crippen LogP contribution in [0.15, 0.2) is 47.4 Å². The SMILES string of the molecule is CCC(=O)Nc1cc(S(=O)(=O)Nc2ccc(C(F)(F)F)cc2)ccc1OC. The molecule has 10 heteroatoms. The largest absolute Gasteiger partial charge is 0.495 e. The molecule has 0 bridgehead atoms. The molecule has 0 saturated heterocycles. The summed E-state index contributed by atoms with van der Waals surface area (Å²) in [4.78, 5) is 11.4. The van der Waals surface area contributed by atoms with Crippen LogP contribution in [-0.2, 0) is 21.0 Å². The van der Waals surface area contributed by atoms with Gasteiger partial charge in [-0.05, 0) is 42.5 Å². The Kier molecular flexibility index (Phi) is 5.99. The molecule has 6 nitrogen and oxygen atoms in total. The summed E-state index contributed by atoms with van der Waals surface area (Å²) in [5.41, 5.74) is -0.753. The summed E-state index contributed by atoms with van der Waals surface area (Å²) in [6, 6.07) is 7.42. The molecule has 2 aromatic carbocycles. The zero-order valence-electron chi connectivity index (χ0n) is 14.4. The van der Waals surface area contributed by atoms with Gasteiger partial charge in [0, 0.05) is 12.1 Å². The highest BCUT2D eigenvalue weighted by molar-refractivity contribution is 7.92. The van der Waals surface area contributed by atoms with E-state index in [-0.39, 0.29) is 34.3 Å². The molecule has 27 heavy (non-hydrogen) atoms. The van der Waals surface area contributed by atoms with Crippen molar-refractivity contribution in [3.8, 4) is 5.75 Å². The molecule has 0 aliphatic carbocycles. The highest BCUT2D eigenvalue weighted by atomic mass is 32.2. The van der Waals surface area contributed by atoms with Crippen LogP contribution in [-0.4, -0.2) is 21.4 Å². The molecule has 0 radical (unpaired) electrons. The third-order valence-corrected chi connectivity index (χ3v) is 4.92. The number of nitrogens with one attached hydrogen (secondary N) is 2. The van der Waals surface area contributed by atoms with Gasteiger partial charge in [0.1, 0.15) is 5.75 Å². The van der Waals surface area contributed by atoms with Crippen LogP contribution in [0.2, 0.25) is 0 Å². The van der Waals surface area contributed by atoms with Gasteiger partial charge >= 0.3 is 6.18 Å². The number of carbonyl (C=O) groups is 1. The van der Waals surface area contributed by atoms with Gasteiger partial charge in [-0.15, -0.1) is 0 Å². The van der Waals surface area contributed by atoms with Crippen molar-refractivity contribution in [3.05, 3.63) is 48.0 Å². The number of rotatable bonds is 6. The summed E-state index contributed by atoms with van der Waals surface area (Å²) < 4.78 is 70.0. The number of ether oxygens (including phenoxy) is 1. The number of sulfonamides is 1. The van der Waals surface area contributed by atoms with Crippen molar-refractivity contribution in [3.63, 3.8) is 0 Å². The zero-order valence-corrected chi connectivity index (χ0v) is 15.2. The van der Waals surface area contributed by atoms with Crippen molar-refractivity contribution in [2.75, 3.05) is 17.1 Å². The fourth-order valence-electron chi connectivity index (χ4n) is 2.13. The van der Waals surface area contributed by atoms with E-state index in [1.807, 2.05) is 0 Å². The topological polar surface area (TPSA) is 84.5 Å². The molecule has 0 atom stereocenters. The second-order valence-corrected chi connectivity index (χ2v) is 7.13. The van der Waals surface area contributed by atoms with E-state index in [4.69, 9.17) is 4.74 Å². The Morgan fingerprint density at radius 3 is 2.26 bits per heavy atom. The first-order valence-corrected chi connectivity index (χ1v) is 9.23. The number of amides is 1. The molecular formula is C17H17F3N2O4S. The van der Waals surface area contributed by atoms with Crippen LogP contribution < -0.4 is 14.8 Å². The molecule has 2 rings (SSSR count). The molecule has 0 fully saturated rings. The van der Waals surface area contributed by atoms with E-state index >= 15 is 0 Å². The number of methoxy groups -OCH3 is 1. The van der Waals surface area contributed by atoms with Gasteiger partial charge in [0.15, 0.2) is 0 Å². The number of hydrogen-bond donors (Lipinski definition) is 2. The van der Waals surface area contributed by atoms with E-state index in [1.54, 1.807) is 6.92 Å². The van der Waals surface area contributed by atoms with Gasteiger partial charge in [-0.2, -0.15) is 13.2 Å². The molecular weight excluding hydrogens is 385 g/mol. The van der Waals surface area contributed by atoms with Crippen molar-refractivity contribution >= 4 is 27.3 Å². The summed E-state index contributed by atoms with van der Waals surface area (Å²) in [7, 11) is -2.72. The monoisotopic (exact) mass is 402 g/mol. The fourth-order valence-corrected chi connectivity index (χ4v) is 3.22. The maximum atomic E-state index is 12.6. The predicted octanol–water partition coefficient (Wildman–Crippen LogP) is 3.86. The average Bonchev–Trinajstić information content (AvgIpc) is 2.60. The third kappa shape index (κ3) is 5.13. The Balaban J connectivity index is 2.30. The van der Waals surface area contributed by atoms with Gasteiger partial charge in [0.25, 0.3) is 10.0 Å². The molecule has 146 valence electrons. The van der Waals surface area contributed by atoms with Crippen LogP contribution in [0.5, 0.6) is 5.75 Å². The average molecular weight is 402 g/mol. The van der Waals surface area contributed by atoms with Crippen molar-refractivity contribution in [2.45, 2.75) is 24.4 Å². The van der Waals surface area contributed by atoms with Crippen molar-refractivity contribution in [2.24, 2.45) is 0 Å². The number of halogens is 3. The second-order valence-electron chi connectivity index (χ2n) is 5.44. The second kappa shape index (κ2) is 7.87. The summed E-state index contributed by atoms with van der Waals surface area (Å²) >= 11 is 0. The minimum Gasteiger partial charge on any atom is -0.495 e. The lowest BCUT2D eigenvalue weighted by Gasteiger charge is -2.13. The Hall–Kier alpha value is -2.75. The lowest BCUT2D eigenvalue weighted by atomic mass is 10.2. The number of anilines is 2. The summed E-state index contributed by atoms with van der Waals surface area (Å²) in [6.07, 6.45) is -4.33. The van der Waals surface area contributed by atoms with Gasteiger partial charge in [-0.3, -0.25) is 9.52 Å². The van der Waals surface area contributed by atoms with E-state index in [0.29, 0.717) is 0 Å². The number of alkyl halides is 3. The van der Waals surface area contributed by atoms with Crippen molar-refractivity contribution in [1.29, 1.82) is 0 Å². The molecule has 0 aliphatic heterocycles. The molecule has 0 spiro atoms. The Labute approximate surface area is 154 Å². The lowest BCUT2D eigenvalue weighted by Crippen LogP contribution is -2.15. The molecule has 0 saturated carbocycles. The lowest BCUT2D eigenvalue weighted by molar-refractivity contribution is -0.137. The first-order chi connectivity index (χ1) is 12.6. The van der Waals surface area contributed by atoms with Crippen LogP contribution in [0.25, 0.3) is 0 Å². The predicted molar refractivity (Wildman–Crippen MR) is 94.2 cm³/mol. The Bertz CT molecular complexity index is 926. The van der Waals surface area contributed by atoms with E-state index in [2.05, 4.69) is 10.0 Å². The smallest absolute Gasteiger partial charge is 0.416 e. The quantitative estimate of drug-likeness (QED) is 0.768. The van der Waals surface area contributed by atoms with Crippen molar-refractivity contribution in [1.82, 2.24) is 0 Å². The molecule has 0 unspecified atom stereocenters. The number of carbonyl (C=O) groups excluding carboxylic acids is 1. The zero-order chi connectivity index (χ0) is 20.2. The first-order valence-electron chi connectivity index (χ1n) is 7.75. The standard InChI is InChI=1S/C17H17F3N2O4S/c1-3-16(23)21-14-10-13(8-9-15(14)26-2)27(24,25)22-12-6-4-11(5-7-12)17(18,19)20/h4-10,22H,3H2,1-2H3,(H,21,23). The van der Waals surface area contributed by atoms with Crippen LogP contribution >= 0.6 is 0 Å². The van der Waals surface area contributed by atoms with Crippen LogP contribution in [0.3, 0.4) is 0 Å². The minimum atomic E-state index is -4.51. The summed E-state index contributed by atoms with van der Waals surface area (Å²) in [6.45, 7) is 1.63. The van der Waals surface area contributed by atoms with E-state index in [1.165, 1.54) is 25.3 Å². The summed E-state index contributed by atoms with van der Waals surface area (Å²) in [5, 5.41) is 2.53. The van der Waals surface area contributed by atoms with Crippen LogP contribution in [0.4, 0.5) is 24.5 Å². The molecule has 0 heterocycles.